The van der Waals surface area contributed by atoms with Gasteiger partial charge in [0, 0.05) is 13.1 Å². The SMILES string of the molecule is Cc1cc(C2=CCN(C)CC2)c(C)c(C(F)(F)F)c1. The molecule has 1 aliphatic rings. The fourth-order valence-corrected chi connectivity index (χ4v) is 2.50. The van der Waals surface area contributed by atoms with Crippen LogP contribution in [0.1, 0.15) is 28.7 Å². The molecule has 0 amide bonds. The van der Waals surface area contributed by atoms with Crippen LogP contribution in [-0.4, -0.2) is 25.0 Å². The molecule has 1 aromatic carbocycles. The van der Waals surface area contributed by atoms with Crippen molar-refractivity contribution in [1.82, 2.24) is 4.90 Å². The molecular weight excluding hydrogens is 251 g/mol. The minimum absolute atomic E-state index is 0.342. The summed E-state index contributed by atoms with van der Waals surface area (Å²) in [5, 5.41) is 0. The second kappa shape index (κ2) is 5.00. The van der Waals surface area contributed by atoms with Crippen molar-refractivity contribution >= 4 is 5.57 Å². The van der Waals surface area contributed by atoms with Gasteiger partial charge >= 0.3 is 6.18 Å². The molecule has 0 spiro atoms. The first kappa shape index (κ1) is 14.1. The highest BCUT2D eigenvalue weighted by Gasteiger charge is 2.33. The van der Waals surface area contributed by atoms with Gasteiger partial charge in [0.25, 0.3) is 0 Å². The summed E-state index contributed by atoms with van der Waals surface area (Å²) in [7, 11) is 2.01. The summed E-state index contributed by atoms with van der Waals surface area (Å²) in [6, 6.07) is 3.09. The summed E-state index contributed by atoms with van der Waals surface area (Å²) < 4.78 is 39.0. The maximum absolute atomic E-state index is 13.0. The predicted molar refractivity (Wildman–Crippen MR) is 71.0 cm³/mol. The van der Waals surface area contributed by atoms with E-state index < -0.39 is 11.7 Å². The highest BCUT2D eigenvalue weighted by molar-refractivity contribution is 5.71. The van der Waals surface area contributed by atoms with Gasteiger partial charge in [-0.15, -0.1) is 0 Å². The van der Waals surface area contributed by atoms with Crippen LogP contribution in [0.15, 0.2) is 18.2 Å². The van der Waals surface area contributed by atoms with Crippen LogP contribution in [0.2, 0.25) is 0 Å². The van der Waals surface area contributed by atoms with Gasteiger partial charge < -0.3 is 4.90 Å². The normalized spacial score (nSPS) is 17.5. The van der Waals surface area contributed by atoms with E-state index in [1.54, 1.807) is 13.8 Å². The molecule has 0 saturated heterocycles. The Hall–Kier alpha value is -1.29. The lowest BCUT2D eigenvalue weighted by Crippen LogP contribution is -2.24. The van der Waals surface area contributed by atoms with E-state index in [0.29, 0.717) is 11.1 Å². The number of hydrogen-bond donors (Lipinski definition) is 0. The molecule has 104 valence electrons. The summed E-state index contributed by atoms with van der Waals surface area (Å²) in [5.74, 6) is 0. The van der Waals surface area contributed by atoms with Crippen LogP contribution in [0.25, 0.3) is 5.57 Å². The molecule has 1 heterocycles. The second-order valence-corrected chi connectivity index (χ2v) is 5.22. The lowest BCUT2D eigenvalue weighted by molar-refractivity contribution is -0.138. The summed E-state index contributed by atoms with van der Waals surface area (Å²) in [6.45, 7) is 4.97. The summed E-state index contributed by atoms with van der Waals surface area (Å²) >= 11 is 0. The van der Waals surface area contributed by atoms with Gasteiger partial charge in [0.05, 0.1) is 5.56 Å². The molecule has 1 aliphatic heterocycles. The van der Waals surface area contributed by atoms with Crippen LogP contribution < -0.4 is 0 Å². The third-order valence-corrected chi connectivity index (χ3v) is 3.62. The predicted octanol–water partition coefficient (Wildman–Crippen LogP) is 4.04. The van der Waals surface area contributed by atoms with E-state index in [-0.39, 0.29) is 0 Å². The maximum Gasteiger partial charge on any atom is 0.416 e. The molecule has 0 fully saturated rings. The molecule has 0 aliphatic carbocycles. The number of benzene rings is 1. The standard InChI is InChI=1S/C15H18F3N/c1-10-8-13(12-4-6-19(3)7-5-12)11(2)14(9-10)15(16,17)18/h4,8-9H,5-7H2,1-3H3. The summed E-state index contributed by atoms with van der Waals surface area (Å²) in [4.78, 5) is 2.15. The van der Waals surface area contributed by atoms with Crippen molar-refractivity contribution in [2.45, 2.75) is 26.4 Å². The Morgan fingerprint density at radius 1 is 1.16 bits per heavy atom. The van der Waals surface area contributed by atoms with E-state index in [1.807, 2.05) is 19.2 Å². The number of halogens is 3. The zero-order chi connectivity index (χ0) is 14.2. The molecule has 0 atom stereocenters. The van der Waals surface area contributed by atoms with Crippen LogP contribution in [0.5, 0.6) is 0 Å². The van der Waals surface area contributed by atoms with Gasteiger partial charge in [-0.1, -0.05) is 12.1 Å². The molecule has 0 unspecified atom stereocenters. The highest BCUT2D eigenvalue weighted by Crippen LogP contribution is 2.36. The van der Waals surface area contributed by atoms with E-state index >= 15 is 0 Å². The molecule has 1 nitrogen and oxygen atoms in total. The second-order valence-electron chi connectivity index (χ2n) is 5.22. The first-order valence-electron chi connectivity index (χ1n) is 6.35. The number of likely N-dealkylation sites (N-methyl/N-ethyl adjacent to an activating group) is 1. The van der Waals surface area contributed by atoms with Crippen molar-refractivity contribution in [3.63, 3.8) is 0 Å². The molecule has 2 rings (SSSR count). The number of alkyl halides is 3. The third kappa shape index (κ3) is 3.00. The van der Waals surface area contributed by atoms with Crippen molar-refractivity contribution < 1.29 is 13.2 Å². The first-order chi connectivity index (χ1) is 8.79. The molecule has 1 aromatic rings. The van der Waals surface area contributed by atoms with Gasteiger partial charge in [0.1, 0.15) is 0 Å². The Bertz CT molecular complexity index is 515. The van der Waals surface area contributed by atoms with E-state index in [4.69, 9.17) is 0 Å². The smallest absolute Gasteiger partial charge is 0.302 e. The monoisotopic (exact) mass is 269 g/mol. The topological polar surface area (TPSA) is 3.24 Å². The minimum Gasteiger partial charge on any atom is -0.302 e. The van der Waals surface area contributed by atoms with Crippen molar-refractivity contribution in [2.24, 2.45) is 0 Å². The first-order valence-corrected chi connectivity index (χ1v) is 6.35. The van der Waals surface area contributed by atoms with Gasteiger partial charge in [-0.25, -0.2) is 0 Å². The Labute approximate surface area is 111 Å². The molecule has 0 bridgehead atoms. The average molecular weight is 269 g/mol. The quantitative estimate of drug-likeness (QED) is 0.743. The summed E-state index contributed by atoms with van der Waals surface area (Å²) in [5.41, 5.74) is 2.27. The van der Waals surface area contributed by atoms with E-state index in [0.717, 1.165) is 30.6 Å². The van der Waals surface area contributed by atoms with Crippen LogP contribution >= 0.6 is 0 Å². The molecule has 0 radical (unpaired) electrons. The molecule has 19 heavy (non-hydrogen) atoms. The molecule has 4 heteroatoms. The lowest BCUT2D eigenvalue weighted by atomic mass is 9.91. The van der Waals surface area contributed by atoms with Crippen LogP contribution in [-0.2, 0) is 6.18 Å². The third-order valence-electron chi connectivity index (χ3n) is 3.62. The van der Waals surface area contributed by atoms with E-state index in [1.165, 1.54) is 6.07 Å². The maximum atomic E-state index is 13.0. The molecule has 0 N–H and O–H groups in total. The minimum atomic E-state index is -4.28. The zero-order valence-corrected chi connectivity index (χ0v) is 11.4. The van der Waals surface area contributed by atoms with Gasteiger partial charge in [-0.2, -0.15) is 13.2 Å². The van der Waals surface area contributed by atoms with E-state index in [9.17, 15) is 13.2 Å². The Balaban J connectivity index is 2.50. The fourth-order valence-electron chi connectivity index (χ4n) is 2.50. The van der Waals surface area contributed by atoms with Crippen molar-refractivity contribution in [1.29, 1.82) is 0 Å². The van der Waals surface area contributed by atoms with Gasteiger partial charge in [-0.05, 0) is 55.6 Å². The Morgan fingerprint density at radius 2 is 1.84 bits per heavy atom. The molecular formula is C15H18F3N. The number of hydrogen-bond acceptors (Lipinski definition) is 1. The zero-order valence-electron chi connectivity index (χ0n) is 11.4. The lowest BCUT2D eigenvalue weighted by Gasteiger charge is -2.24. The molecule has 0 saturated carbocycles. The largest absolute Gasteiger partial charge is 0.416 e. The number of aryl methyl sites for hydroxylation is 1. The van der Waals surface area contributed by atoms with Crippen molar-refractivity contribution in [3.05, 3.63) is 40.5 Å². The number of nitrogens with zero attached hydrogens (tertiary/aromatic N) is 1. The van der Waals surface area contributed by atoms with Crippen LogP contribution in [0.3, 0.4) is 0 Å². The van der Waals surface area contributed by atoms with Crippen molar-refractivity contribution in [2.75, 3.05) is 20.1 Å². The van der Waals surface area contributed by atoms with Gasteiger partial charge in [0.15, 0.2) is 0 Å². The molecule has 0 aromatic heterocycles. The van der Waals surface area contributed by atoms with Crippen molar-refractivity contribution in [3.8, 4) is 0 Å². The van der Waals surface area contributed by atoms with E-state index in [2.05, 4.69) is 4.90 Å². The Morgan fingerprint density at radius 3 is 2.37 bits per heavy atom. The fraction of sp³-hybridized carbons (Fsp3) is 0.467. The highest BCUT2D eigenvalue weighted by atomic mass is 19.4. The number of rotatable bonds is 1. The van der Waals surface area contributed by atoms with Gasteiger partial charge in [0.2, 0.25) is 0 Å². The summed E-state index contributed by atoms with van der Waals surface area (Å²) in [6.07, 6.45) is -1.44. The van der Waals surface area contributed by atoms with Crippen LogP contribution in [0, 0.1) is 13.8 Å². The Kier molecular flexibility index (Phi) is 3.72. The van der Waals surface area contributed by atoms with Gasteiger partial charge in [-0.3, -0.25) is 0 Å². The van der Waals surface area contributed by atoms with Crippen LogP contribution in [0.4, 0.5) is 13.2 Å². The average Bonchev–Trinajstić information content (AvgIpc) is 2.31.